The molecule has 8 aromatic rings. The molecule has 0 amide bonds. The molecule has 0 saturated heterocycles. The summed E-state index contributed by atoms with van der Waals surface area (Å²) in [5.41, 5.74) is 15.2. The molecule has 4 heteroatoms. The zero-order valence-electron chi connectivity index (χ0n) is 32.2. The van der Waals surface area contributed by atoms with E-state index in [0.29, 0.717) is 5.92 Å². The molecule has 0 spiro atoms. The minimum Gasteiger partial charge on any atom is -0.334 e. The van der Waals surface area contributed by atoms with Crippen molar-refractivity contribution in [2.75, 3.05) is 9.80 Å². The van der Waals surface area contributed by atoms with Gasteiger partial charge in [0.05, 0.1) is 28.6 Å². The molecule has 6 aromatic carbocycles. The number of hydrogen-bond acceptors (Lipinski definition) is 2. The molecule has 4 aliphatic rings. The number of aromatic nitrogens is 2. The summed E-state index contributed by atoms with van der Waals surface area (Å²) in [6, 6.07) is 54.1. The van der Waals surface area contributed by atoms with Gasteiger partial charge in [-0.3, -0.25) is 0 Å². The Balaban J connectivity index is 0.936. The number of benzene rings is 6. The van der Waals surface area contributed by atoms with E-state index in [2.05, 4.69) is 219 Å². The van der Waals surface area contributed by atoms with Crippen molar-refractivity contribution in [3.63, 3.8) is 0 Å². The zero-order chi connectivity index (χ0) is 38.2. The Morgan fingerprint density at radius 1 is 0.534 bits per heavy atom. The van der Waals surface area contributed by atoms with Gasteiger partial charge in [-0.05, 0) is 104 Å². The Morgan fingerprint density at radius 2 is 1.16 bits per heavy atom. The number of allylic oxidation sites excluding steroid dienone is 5. The summed E-state index contributed by atoms with van der Waals surface area (Å²) in [7, 11) is 0. The summed E-state index contributed by atoms with van der Waals surface area (Å²) in [6.45, 7) is 0. The Hall–Kier alpha value is -7.04. The number of fused-ring (bicyclic) bond motifs is 9. The van der Waals surface area contributed by atoms with Gasteiger partial charge in [-0.1, -0.05) is 121 Å². The average Bonchev–Trinajstić information content (AvgIpc) is 3.93. The van der Waals surface area contributed by atoms with Crippen LogP contribution in [-0.2, 0) is 6.42 Å². The van der Waals surface area contributed by atoms with Crippen LogP contribution in [0.1, 0.15) is 35.6 Å². The number of nitrogens with zero attached hydrogens (tertiary/aromatic N) is 4. The molecule has 3 atom stereocenters. The van der Waals surface area contributed by atoms with E-state index in [4.69, 9.17) is 0 Å². The van der Waals surface area contributed by atoms with Gasteiger partial charge < -0.3 is 18.9 Å². The third-order valence-electron chi connectivity index (χ3n) is 12.8. The Labute approximate surface area is 338 Å². The Kier molecular flexibility index (Phi) is 7.59. The standard InChI is InChI=1S/C54H42N4/c1-7-19-49-43(13-1)44-14-2-8-20-50(44)56(49)40-31-25-37(26-32-40)55(38-27-33-41(34-28-38)57-51-21-9-3-15-45(51)46-16-4-10-22-52(46)57)39-29-35-42(36-30-39)58-53-23-11-5-17-47(53)48-18-6-12-24-54(48)58/h1-11,13-23,25-29,31-36,39,43,49H,12,24,30H2. The van der Waals surface area contributed by atoms with E-state index in [1.807, 2.05) is 0 Å². The lowest BCUT2D eigenvalue weighted by Crippen LogP contribution is -2.31. The summed E-state index contributed by atoms with van der Waals surface area (Å²) >= 11 is 0. The zero-order valence-corrected chi connectivity index (χ0v) is 32.2. The molecular weight excluding hydrogens is 705 g/mol. The molecule has 3 unspecified atom stereocenters. The van der Waals surface area contributed by atoms with Crippen molar-refractivity contribution in [3.8, 4) is 5.69 Å². The molecule has 12 rings (SSSR count). The van der Waals surface area contributed by atoms with Crippen molar-refractivity contribution in [1.82, 2.24) is 9.13 Å². The van der Waals surface area contributed by atoms with Gasteiger partial charge in [0.15, 0.2) is 0 Å². The highest BCUT2D eigenvalue weighted by molar-refractivity contribution is 6.09. The van der Waals surface area contributed by atoms with E-state index < -0.39 is 0 Å². The third-order valence-corrected chi connectivity index (χ3v) is 12.8. The van der Waals surface area contributed by atoms with Gasteiger partial charge in [0, 0.05) is 67.5 Å². The van der Waals surface area contributed by atoms with E-state index >= 15 is 0 Å². The second kappa shape index (κ2) is 13.3. The maximum atomic E-state index is 2.53. The predicted octanol–water partition coefficient (Wildman–Crippen LogP) is 13.4. The lowest BCUT2D eigenvalue weighted by molar-refractivity contribution is 0.744. The SMILES string of the molecule is C1=CC2c3ccccc3N(c3ccc(N(c4ccc(-n5c6ccccc6c6ccccc65)cc4)C4C=CC(n5c6c(c7ccccc75)C=CCC6)=CC4)cc3)C2C=C1. The molecule has 2 aromatic heterocycles. The Bertz CT molecular complexity index is 3000. The van der Waals surface area contributed by atoms with Crippen molar-refractivity contribution in [3.05, 3.63) is 211 Å². The Morgan fingerprint density at radius 3 is 1.86 bits per heavy atom. The van der Waals surface area contributed by atoms with Gasteiger partial charge in [0.25, 0.3) is 0 Å². The van der Waals surface area contributed by atoms with E-state index in [9.17, 15) is 0 Å². The molecule has 3 aliphatic carbocycles. The largest absolute Gasteiger partial charge is 0.334 e. The van der Waals surface area contributed by atoms with Crippen LogP contribution in [0.4, 0.5) is 22.7 Å². The first-order chi connectivity index (χ1) is 28.8. The molecule has 0 bridgehead atoms. The van der Waals surface area contributed by atoms with Crippen molar-refractivity contribution in [1.29, 1.82) is 0 Å². The van der Waals surface area contributed by atoms with Gasteiger partial charge in [-0.25, -0.2) is 0 Å². The van der Waals surface area contributed by atoms with E-state index in [-0.39, 0.29) is 12.1 Å². The number of anilines is 4. The summed E-state index contributed by atoms with van der Waals surface area (Å²) in [6.07, 6.45) is 24.0. The van der Waals surface area contributed by atoms with Crippen molar-refractivity contribution in [2.24, 2.45) is 0 Å². The fourth-order valence-corrected chi connectivity index (χ4v) is 10.3. The van der Waals surface area contributed by atoms with Crippen LogP contribution >= 0.6 is 0 Å². The first-order valence-corrected chi connectivity index (χ1v) is 20.7. The first-order valence-electron chi connectivity index (χ1n) is 20.7. The molecular formula is C54H42N4. The van der Waals surface area contributed by atoms with Crippen LogP contribution in [0.25, 0.3) is 50.2 Å². The number of para-hydroxylation sites is 4. The molecule has 0 radical (unpaired) electrons. The molecule has 1 aliphatic heterocycles. The minimum atomic E-state index is 0.134. The minimum absolute atomic E-state index is 0.134. The van der Waals surface area contributed by atoms with Crippen LogP contribution in [0.3, 0.4) is 0 Å². The van der Waals surface area contributed by atoms with Crippen LogP contribution in [0.2, 0.25) is 0 Å². The van der Waals surface area contributed by atoms with Crippen LogP contribution in [0.15, 0.2) is 194 Å². The quantitative estimate of drug-likeness (QED) is 0.168. The number of hydrogen-bond donors (Lipinski definition) is 0. The molecule has 0 fully saturated rings. The second-order valence-corrected chi connectivity index (χ2v) is 15.9. The van der Waals surface area contributed by atoms with Crippen molar-refractivity contribution in [2.45, 2.75) is 37.3 Å². The first kappa shape index (κ1) is 33.1. The normalized spacial score (nSPS) is 19.1. The van der Waals surface area contributed by atoms with Crippen LogP contribution in [0, 0.1) is 0 Å². The maximum absolute atomic E-state index is 2.53. The fourth-order valence-electron chi connectivity index (χ4n) is 10.3. The summed E-state index contributed by atoms with van der Waals surface area (Å²) in [5.74, 6) is 0.359. The molecule has 0 N–H and O–H groups in total. The van der Waals surface area contributed by atoms with E-state index in [1.165, 1.54) is 78.0 Å². The molecule has 4 nitrogen and oxygen atoms in total. The topological polar surface area (TPSA) is 16.3 Å². The summed E-state index contributed by atoms with van der Waals surface area (Å²) in [4.78, 5) is 5.04. The highest BCUT2D eigenvalue weighted by Gasteiger charge is 2.37. The monoisotopic (exact) mass is 746 g/mol. The second-order valence-electron chi connectivity index (χ2n) is 15.9. The highest BCUT2D eigenvalue weighted by Crippen LogP contribution is 2.48. The van der Waals surface area contributed by atoms with E-state index in [1.54, 1.807) is 0 Å². The van der Waals surface area contributed by atoms with Gasteiger partial charge in [-0.15, -0.1) is 0 Å². The summed E-state index contributed by atoms with van der Waals surface area (Å²) < 4.78 is 4.91. The van der Waals surface area contributed by atoms with Crippen LogP contribution in [0.5, 0.6) is 0 Å². The molecule has 0 saturated carbocycles. The number of rotatable bonds is 6. The molecule has 58 heavy (non-hydrogen) atoms. The average molecular weight is 747 g/mol. The van der Waals surface area contributed by atoms with Gasteiger partial charge in [-0.2, -0.15) is 0 Å². The van der Waals surface area contributed by atoms with E-state index in [0.717, 1.165) is 24.9 Å². The van der Waals surface area contributed by atoms with Crippen molar-refractivity contribution >= 4 is 67.2 Å². The molecule has 3 heterocycles. The smallest absolute Gasteiger partial charge is 0.0629 e. The van der Waals surface area contributed by atoms with Gasteiger partial charge in [0.1, 0.15) is 0 Å². The van der Waals surface area contributed by atoms with Gasteiger partial charge >= 0.3 is 0 Å². The highest BCUT2D eigenvalue weighted by atomic mass is 15.2. The predicted molar refractivity (Wildman–Crippen MR) is 244 cm³/mol. The van der Waals surface area contributed by atoms with Crippen LogP contribution < -0.4 is 9.80 Å². The fraction of sp³-hybridized carbons (Fsp3) is 0.111. The van der Waals surface area contributed by atoms with Gasteiger partial charge in [0.2, 0.25) is 0 Å². The molecule has 278 valence electrons. The third kappa shape index (κ3) is 5.08. The summed E-state index contributed by atoms with van der Waals surface area (Å²) in [5, 5.41) is 3.89. The lowest BCUT2D eigenvalue weighted by Gasteiger charge is -2.34. The maximum Gasteiger partial charge on any atom is 0.0629 e. The lowest BCUT2D eigenvalue weighted by atomic mass is 9.91. The van der Waals surface area contributed by atoms with Crippen molar-refractivity contribution < 1.29 is 0 Å². The van der Waals surface area contributed by atoms with Crippen LogP contribution in [-0.4, -0.2) is 21.2 Å².